The highest BCUT2D eigenvalue weighted by atomic mass is 35.5. The highest BCUT2D eigenvalue weighted by molar-refractivity contribution is 6.21. The van der Waals surface area contributed by atoms with Gasteiger partial charge in [0.25, 0.3) is 0 Å². The van der Waals surface area contributed by atoms with Crippen LogP contribution in [0.3, 0.4) is 0 Å². The molecule has 110 valence electrons. The van der Waals surface area contributed by atoms with Crippen molar-refractivity contribution in [2.75, 3.05) is 20.8 Å². The maximum absolute atomic E-state index is 12.3. The molecule has 0 aromatic heterocycles. The molecule has 2 rings (SSSR count). The van der Waals surface area contributed by atoms with Crippen LogP contribution in [0.1, 0.15) is 24.5 Å². The van der Waals surface area contributed by atoms with E-state index in [0.29, 0.717) is 24.5 Å². The molecule has 0 aliphatic carbocycles. The van der Waals surface area contributed by atoms with Crippen molar-refractivity contribution in [2.45, 2.75) is 31.7 Å². The summed E-state index contributed by atoms with van der Waals surface area (Å²) in [5.74, 6) is 1.42. The highest BCUT2D eigenvalue weighted by Gasteiger charge is 2.26. The Morgan fingerprint density at radius 2 is 1.85 bits per heavy atom. The summed E-state index contributed by atoms with van der Waals surface area (Å²) in [4.78, 5) is 14.1. The average Bonchev–Trinajstić information content (AvgIpc) is 2.62. The van der Waals surface area contributed by atoms with Gasteiger partial charge in [0, 0.05) is 6.54 Å². The minimum atomic E-state index is -0.236. The summed E-state index contributed by atoms with van der Waals surface area (Å²) in [6, 6.07) is 3.85. The number of halogens is 1. The lowest BCUT2D eigenvalue weighted by atomic mass is 10.0. The van der Waals surface area contributed by atoms with Crippen molar-refractivity contribution in [1.29, 1.82) is 0 Å². The number of fused-ring (bicyclic) bond motifs is 1. The van der Waals surface area contributed by atoms with Crippen molar-refractivity contribution >= 4 is 17.5 Å². The molecule has 0 radical (unpaired) electrons. The van der Waals surface area contributed by atoms with Gasteiger partial charge in [-0.15, -0.1) is 0 Å². The van der Waals surface area contributed by atoms with Crippen LogP contribution in [0.5, 0.6) is 11.5 Å². The number of carbonyl (C=O) groups is 1. The molecule has 0 N–H and O–H groups in total. The first-order valence-corrected chi connectivity index (χ1v) is 7.21. The highest BCUT2D eigenvalue weighted by Crippen LogP contribution is 2.32. The zero-order valence-corrected chi connectivity index (χ0v) is 12.9. The van der Waals surface area contributed by atoms with E-state index >= 15 is 0 Å². The second kappa shape index (κ2) is 6.35. The summed E-state index contributed by atoms with van der Waals surface area (Å²) in [7, 11) is 3.21. The zero-order valence-electron chi connectivity index (χ0n) is 12.1. The van der Waals surface area contributed by atoms with E-state index < -0.39 is 0 Å². The molecule has 1 aliphatic heterocycles. The van der Waals surface area contributed by atoms with Gasteiger partial charge in [-0.25, -0.2) is 0 Å². The summed E-state index contributed by atoms with van der Waals surface area (Å²) in [6.07, 6.45) is 1.89. The van der Waals surface area contributed by atoms with Gasteiger partial charge in [-0.1, -0.05) is 18.5 Å². The largest absolute Gasteiger partial charge is 0.493 e. The Balaban J connectivity index is 2.33. The summed E-state index contributed by atoms with van der Waals surface area (Å²) in [6.45, 7) is 2.62. The fourth-order valence-corrected chi connectivity index (χ4v) is 2.71. The van der Waals surface area contributed by atoms with Crippen LogP contribution in [0.25, 0.3) is 0 Å². The molecule has 0 spiro atoms. The first-order valence-electron chi connectivity index (χ1n) is 6.78. The molecule has 1 unspecified atom stereocenters. The van der Waals surface area contributed by atoms with Crippen molar-refractivity contribution < 1.29 is 14.3 Å². The van der Waals surface area contributed by atoms with Crippen LogP contribution in [-0.2, 0) is 17.6 Å². The minimum absolute atomic E-state index is 0.0674. The molecule has 1 atom stereocenters. The van der Waals surface area contributed by atoms with Crippen LogP contribution in [0, 0.1) is 0 Å². The third-order valence-corrected chi connectivity index (χ3v) is 4.21. The molecule has 0 saturated carbocycles. The van der Waals surface area contributed by atoms with Gasteiger partial charge in [0.05, 0.1) is 20.6 Å². The number of hydrogen-bond donors (Lipinski definition) is 0. The second-order valence-electron chi connectivity index (χ2n) is 4.83. The fraction of sp³-hybridized carbons (Fsp3) is 0.533. The predicted molar refractivity (Wildman–Crippen MR) is 78.6 cm³/mol. The van der Waals surface area contributed by atoms with E-state index in [1.54, 1.807) is 19.1 Å². The predicted octanol–water partition coefficient (Wildman–Crippen LogP) is 2.61. The number of amides is 1. The smallest absolute Gasteiger partial charge is 0.228 e. The normalized spacial score (nSPS) is 16.4. The van der Waals surface area contributed by atoms with E-state index in [9.17, 15) is 4.79 Å². The summed E-state index contributed by atoms with van der Waals surface area (Å²) < 4.78 is 10.6. The molecule has 4 nitrogen and oxygen atoms in total. The Kier molecular flexibility index (Phi) is 4.76. The Bertz CT molecular complexity index is 504. The first kappa shape index (κ1) is 15.0. The monoisotopic (exact) mass is 297 g/mol. The number of methoxy groups -OCH3 is 2. The number of benzene rings is 1. The molecule has 1 amide bonds. The van der Waals surface area contributed by atoms with Gasteiger partial charge in [0.2, 0.25) is 5.91 Å². The van der Waals surface area contributed by atoms with Crippen molar-refractivity contribution in [3.05, 3.63) is 23.3 Å². The van der Waals surface area contributed by atoms with Crippen molar-refractivity contribution in [3.63, 3.8) is 0 Å². The number of hydrogen-bond acceptors (Lipinski definition) is 3. The van der Waals surface area contributed by atoms with Gasteiger partial charge in [-0.3, -0.25) is 4.79 Å². The van der Waals surface area contributed by atoms with Gasteiger partial charge in [0.1, 0.15) is 5.50 Å². The molecule has 1 heterocycles. The molecule has 0 saturated heterocycles. The number of rotatable bonds is 4. The number of alkyl halides is 1. The zero-order chi connectivity index (χ0) is 14.7. The van der Waals surface area contributed by atoms with Crippen LogP contribution >= 0.6 is 11.6 Å². The van der Waals surface area contributed by atoms with E-state index in [1.807, 2.05) is 19.1 Å². The SMILES string of the molecule is CCC(Cl)N1CCc2cc(OC)c(OC)cc2CC1=O. The Labute approximate surface area is 124 Å². The lowest BCUT2D eigenvalue weighted by molar-refractivity contribution is -0.131. The van der Waals surface area contributed by atoms with Crippen LogP contribution in [0.4, 0.5) is 0 Å². The molecular formula is C15H20ClNO3. The maximum Gasteiger partial charge on any atom is 0.228 e. The van der Waals surface area contributed by atoms with Crippen LogP contribution < -0.4 is 9.47 Å². The van der Waals surface area contributed by atoms with Gasteiger partial charge in [-0.2, -0.15) is 0 Å². The first-order chi connectivity index (χ1) is 9.60. The number of ether oxygens (including phenoxy) is 2. The molecule has 1 aromatic carbocycles. The number of carbonyl (C=O) groups excluding carboxylic acids is 1. The van der Waals surface area contributed by atoms with Crippen molar-refractivity contribution in [2.24, 2.45) is 0 Å². The van der Waals surface area contributed by atoms with E-state index in [0.717, 1.165) is 24.0 Å². The third kappa shape index (κ3) is 2.85. The summed E-state index contributed by atoms with van der Waals surface area (Å²) in [5, 5.41) is 0. The lowest BCUT2D eigenvalue weighted by Gasteiger charge is -2.25. The van der Waals surface area contributed by atoms with Crippen LogP contribution in [0.15, 0.2) is 12.1 Å². The van der Waals surface area contributed by atoms with Gasteiger partial charge >= 0.3 is 0 Å². The quantitative estimate of drug-likeness (QED) is 0.633. The summed E-state index contributed by atoms with van der Waals surface area (Å²) >= 11 is 6.23. The fourth-order valence-electron chi connectivity index (χ4n) is 2.51. The van der Waals surface area contributed by atoms with Crippen molar-refractivity contribution in [3.8, 4) is 11.5 Å². The van der Waals surface area contributed by atoms with Crippen LogP contribution in [0.2, 0.25) is 0 Å². The Morgan fingerprint density at radius 3 is 2.40 bits per heavy atom. The molecule has 5 heteroatoms. The number of nitrogens with zero attached hydrogens (tertiary/aromatic N) is 1. The minimum Gasteiger partial charge on any atom is -0.493 e. The van der Waals surface area contributed by atoms with Gasteiger partial charge in [0.15, 0.2) is 11.5 Å². The molecular weight excluding hydrogens is 278 g/mol. The molecule has 20 heavy (non-hydrogen) atoms. The maximum atomic E-state index is 12.3. The molecule has 1 aromatic rings. The van der Waals surface area contributed by atoms with E-state index in [2.05, 4.69) is 0 Å². The topological polar surface area (TPSA) is 38.8 Å². The Morgan fingerprint density at radius 1 is 1.25 bits per heavy atom. The lowest BCUT2D eigenvalue weighted by Crippen LogP contribution is -2.37. The molecule has 0 fully saturated rings. The standard InChI is InChI=1S/C15H20ClNO3/c1-4-14(16)17-6-5-10-7-12(19-2)13(20-3)8-11(10)9-15(17)18/h7-8,14H,4-6,9H2,1-3H3. The second-order valence-corrected chi connectivity index (χ2v) is 5.34. The third-order valence-electron chi connectivity index (χ3n) is 3.66. The van der Waals surface area contributed by atoms with E-state index in [4.69, 9.17) is 21.1 Å². The molecule has 1 aliphatic rings. The van der Waals surface area contributed by atoms with E-state index in [-0.39, 0.29) is 11.4 Å². The van der Waals surface area contributed by atoms with E-state index in [1.165, 1.54) is 0 Å². The Hall–Kier alpha value is -1.42. The molecule has 0 bridgehead atoms. The van der Waals surface area contributed by atoms with Crippen LogP contribution in [-0.4, -0.2) is 37.1 Å². The summed E-state index contributed by atoms with van der Waals surface area (Å²) in [5.41, 5.74) is 1.88. The van der Waals surface area contributed by atoms with Gasteiger partial charge < -0.3 is 14.4 Å². The average molecular weight is 298 g/mol. The van der Waals surface area contributed by atoms with Gasteiger partial charge in [-0.05, 0) is 36.1 Å². The van der Waals surface area contributed by atoms with Crippen molar-refractivity contribution in [1.82, 2.24) is 4.90 Å².